The Bertz CT molecular complexity index is 1590. The van der Waals surface area contributed by atoms with Crippen LogP contribution in [0, 0.1) is 0 Å². The number of hydrogen-bond acceptors (Lipinski definition) is 6. The SMILES string of the molecule is CC/C=C\C/C=C\C/C=C\C/C=C\C/C=C\CCCCCCCCCCCCCCCCCC(=O)OCC(COC(=O)CCCCCCCCCCCC)OC(=O)CCCCCCCCCC/C=C\C/C=C\C/C=C\CCCCCCC. The van der Waals surface area contributed by atoms with E-state index in [2.05, 4.69) is 118 Å². The van der Waals surface area contributed by atoms with Gasteiger partial charge in [-0.15, -0.1) is 0 Å². The van der Waals surface area contributed by atoms with Crippen molar-refractivity contribution in [1.82, 2.24) is 0 Å². The molecule has 82 heavy (non-hydrogen) atoms. The van der Waals surface area contributed by atoms with Crippen LogP contribution in [0.1, 0.15) is 348 Å². The molecular formula is C76H132O6. The summed E-state index contributed by atoms with van der Waals surface area (Å²) in [6.45, 7) is 6.53. The van der Waals surface area contributed by atoms with E-state index >= 15 is 0 Å². The smallest absolute Gasteiger partial charge is 0.306 e. The van der Waals surface area contributed by atoms with E-state index in [1.165, 1.54) is 199 Å². The summed E-state index contributed by atoms with van der Waals surface area (Å²) in [6, 6.07) is 0. The Hall–Kier alpha value is -3.67. The Balaban J connectivity index is 4.18. The Morgan fingerprint density at radius 3 is 0.744 bits per heavy atom. The maximum atomic E-state index is 12.9. The van der Waals surface area contributed by atoms with Gasteiger partial charge >= 0.3 is 17.9 Å². The van der Waals surface area contributed by atoms with E-state index in [9.17, 15) is 14.4 Å². The molecule has 472 valence electrons. The lowest BCUT2D eigenvalue weighted by Gasteiger charge is -2.18. The molecule has 0 aliphatic carbocycles. The molecule has 0 spiro atoms. The number of hydrogen-bond donors (Lipinski definition) is 0. The van der Waals surface area contributed by atoms with E-state index < -0.39 is 6.10 Å². The van der Waals surface area contributed by atoms with Crippen molar-refractivity contribution < 1.29 is 28.6 Å². The molecule has 1 unspecified atom stereocenters. The largest absolute Gasteiger partial charge is 0.462 e. The molecule has 0 amide bonds. The zero-order chi connectivity index (χ0) is 59.2. The molecule has 0 N–H and O–H groups in total. The zero-order valence-corrected chi connectivity index (χ0v) is 54.2. The number of rotatable bonds is 64. The second kappa shape index (κ2) is 69.8. The van der Waals surface area contributed by atoms with Crippen LogP contribution in [0.15, 0.2) is 97.2 Å². The summed E-state index contributed by atoms with van der Waals surface area (Å²) < 4.78 is 16.9. The molecule has 0 aliphatic heterocycles. The minimum absolute atomic E-state index is 0.0762. The van der Waals surface area contributed by atoms with Gasteiger partial charge in [0.2, 0.25) is 0 Å². The van der Waals surface area contributed by atoms with Gasteiger partial charge < -0.3 is 14.2 Å². The number of allylic oxidation sites excluding steroid dienone is 16. The fourth-order valence-electron chi connectivity index (χ4n) is 10.1. The highest BCUT2D eigenvalue weighted by atomic mass is 16.6. The van der Waals surface area contributed by atoms with Gasteiger partial charge in [0.05, 0.1) is 0 Å². The van der Waals surface area contributed by atoms with Crippen molar-refractivity contribution in [3.63, 3.8) is 0 Å². The maximum Gasteiger partial charge on any atom is 0.306 e. The van der Waals surface area contributed by atoms with Gasteiger partial charge in [-0.05, 0) is 103 Å². The van der Waals surface area contributed by atoms with Crippen LogP contribution in [0.2, 0.25) is 0 Å². The Kier molecular flexibility index (Phi) is 66.7. The van der Waals surface area contributed by atoms with Crippen molar-refractivity contribution in [3.8, 4) is 0 Å². The van der Waals surface area contributed by atoms with E-state index in [0.29, 0.717) is 19.3 Å². The van der Waals surface area contributed by atoms with E-state index in [1.807, 2.05) is 0 Å². The third-order valence-electron chi connectivity index (χ3n) is 15.3. The molecule has 0 bridgehead atoms. The summed E-state index contributed by atoms with van der Waals surface area (Å²) >= 11 is 0. The van der Waals surface area contributed by atoms with Gasteiger partial charge in [-0.25, -0.2) is 0 Å². The topological polar surface area (TPSA) is 78.9 Å². The molecule has 0 aromatic heterocycles. The highest BCUT2D eigenvalue weighted by Gasteiger charge is 2.19. The summed E-state index contributed by atoms with van der Waals surface area (Å²) in [5.74, 6) is -0.870. The molecular weight excluding hydrogens is 1010 g/mol. The highest BCUT2D eigenvalue weighted by molar-refractivity contribution is 5.71. The van der Waals surface area contributed by atoms with Gasteiger partial charge in [-0.1, -0.05) is 323 Å². The molecule has 6 heteroatoms. The number of carbonyl (C=O) groups excluding carboxylic acids is 3. The van der Waals surface area contributed by atoms with Gasteiger partial charge in [-0.2, -0.15) is 0 Å². The number of ether oxygens (including phenoxy) is 3. The monoisotopic (exact) mass is 1140 g/mol. The molecule has 6 nitrogen and oxygen atoms in total. The van der Waals surface area contributed by atoms with Crippen LogP contribution >= 0.6 is 0 Å². The fourth-order valence-corrected chi connectivity index (χ4v) is 10.1. The maximum absolute atomic E-state index is 12.9. The summed E-state index contributed by atoms with van der Waals surface area (Å²) in [5, 5.41) is 0. The first-order chi connectivity index (χ1) is 40.5. The average molecular weight is 1140 g/mol. The lowest BCUT2D eigenvalue weighted by molar-refractivity contribution is -0.167. The minimum Gasteiger partial charge on any atom is -0.462 e. The zero-order valence-electron chi connectivity index (χ0n) is 54.2. The van der Waals surface area contributed by atoms with Crippen LogP contribution in [0.4, 0.5) is 0 Å². The Labute approximate surface area is 508 Å². The van der Waals surface area contributed by atoms with Crippen molar-refractivity contribution in [2.75, 3.05) is 13.2 Å². The summed E-state index contributed by atoms with van der Waals surface area (Å²) in [7, 11) is 0. The van der Waals surface area contributed by atoms with E-state index in [4.69, 9.17) is 14.2 Å². The van der Waals surface area contributed by atoms with Crippen LogP contribution in [-0.4, -0.2) is 37.2 Å². The molecule has 1 atom stereocenters. The van der Waals surface area contributed by atoms with Gasteiger partial charge in [0, 0.05) is 19.3 Å². The number of carbonyl (C=O) groups is 3. The lowest BCUT2D eigenvalue weighted by atomic mass is 10.0. The van der Waals surface area contributed by atoms with Crippen LogP contribution in [0.25, 0.3) is 0 Å². The summed E-state index contributed by atoms with van der Waals surface area (Å²) in [4.78, 5) is 38.3. The highest BCUT2D eigenvalue weighted by Crippen LogP contribution is 2.17. The second-order valence-electron chi connectivity index (χ2n) is 23.4. The Morgan fingerprint density at radius 2 is 0.476 bits per heavy atom. The van der Waals surface area contributed by atoms with Crippen LogP contribution < -0.4 is 0 Å². The van der Waals surface area contributed by atoms with Crippen LogP contribution in [-0.2, 0) is 28.6 Å². The van der Waals surface area contributed by atoms with Crippen molar-refractivity contribution in [3.05, 3.63) is 97.2 Å². The van der Waals surface area contributed by atoms with Gasteiger partial charge in [0.1, 0.15) is 13.2 Å². The third-order valence-corrected chi connectivity index (χ3v) is 15.3. The summed E-state index contributed by atoms with van der Waals surface area (Å²) in [6.07, 6.45) is 94.4. The molecule has 0 rings (SSSR count). The first-order valence-corrected chi connectivity index (χ1v) is 35.2. The summed E-state index contributed by atoms with van der Waals surface area (Å²) in [5.41, 5.74) is 0. The Morgan fingerprint density at radius 1 is 0.256 bits per heavy atom. The normalized spacial score (nSPS) is 12.7. The van der Waals surface area contributed by atoms with E-state index in [-0.39, 0.29) is 31.1 Å². The molecule has 0 heterocycles. The predicted octanol–water partition coefficient (Wildman–Crippen LogP) is 24.4. The van der Waals surface area contributed by atoms with Crippen molar-refractivity contribution in [2.45, 2.75) is 354 Å². The molecule has 0 fully saturated rings. The quantitative estimate of drug-likeness (QED) is 0.0261. The van der Waals surface area contributed by atoms with Crippen LogP contribution in [0.5, 0.6) is 0 Å². The molecule has 0 aromatic rings. The van der Waals surface area contributed by atoms with Gasteiger partial charge in [-0.3, -0.25) is 14.4 Å². The average Bonchev–Trinajstić information content (AvgIpc) is 3.47. The van der Waals surface area contributed by atoms with Crippen LogP contribution in [0.3, 0.4) is 0 Å². The standard InChI is InChI=1S/C76H132O6/c1-4-7-10-13-16-19-22-24-26-28-30-32-34-35-36-37-38-39-40-41-43-44-46-48-50-52-54-57-60-63-66-69-75(78)81-72-73(71-80-74(77)68-65-62-59-56-21-18-15-12-9-6-3)82-76(79)70-67-64-61-58-55-53-51-49-47-45-42-33-31-29-27-25-23-20-17-14-11-8-5-2/h7,10,16,19,23-26,29-32,35-36,42,45,73H,4-6,8-9,11-15,17-18,20-22,27-28,33-34,37-41,43-44,46-72H2,1-3H3/b10-7-,19-16-,25-23-,26-24-,31-29-,32-30-,36-35-,45-42-. The minimum atomic E-state index is -0.780. The lowest BCUT2D eigenvalue weighted by Crippen LogP contribution is -2.30. The second-order valence-corrected chi connectivity index (χ2v) is 23.4. The number of esters is 3. The van der Waals surface area contributed by atoms with Gasteiger partial charge in [0.15, 0.2) is 6.10 Å². The first-order valence-electron chi connectivity index (χ1n) is 35.2. The van der Waals surface area contributed by atoms with Gasteiger partial charge in [0.25, 0.3) is 0 Å². The number of unbranched alkanes of at least 4 members (excludes halogenated alkanes) is 37. The molecule has 0 aliphatic rings. The molecule has 0 saturated carbocycles. The van der Waals surface area contributed by atoms with Crippen molar-refractivity contribution >= 4 is 17.9 Å². The molecule has 0 saturated heterocycles. The van der Waals surface area contributed by atoms with Crippen molar-refractivity contribution in [1.29, 1.82) is 0 Å². The van der Waals surface area contributed by atoms with E-state index in [1.54, 1.807) is 0 Å². The predicted molar refractivity (Wildman–Crippen MR) is 357 cm³/mol. The van der Waals surface area contributed by atoms with E-state index in [0.717, 1.165) is 109 Å². The third kappa shape index (κ3) is 67.1. The molecule has 0 aromatic carbocycles. The molecule has 0 radical (unpaired) electrons. The fraction of sp³-hybridized carbons (Fsp3) is 0.750. The first kappa shape index (κ1) is 78.3. The van der Waals surface area contributed by atoms with Crippen molar-refractivity contribution in [2.24, 2.45) is 0 Å².